The molecule has 8 nitrogen and oxygen atoms in total. The Morgan fingerprint density at radius 3 is 2.67 bits per heavy atom. The van der Waals surface area contributed by atoms with Crippen LogP contribution in [-0.2, 0) is 20.1 Å². The van der Waals surface area contributed by atoms with E-state index in [9.17, 15) is 9.59 Å². The van der Waals surface area contributed by atoms with E-state index in [1.165, 1.54) is 21.8 Å². The lowest BCUT2D eigenvalue weighted by molar-refractivity contribution is 0.571. The van der Waals surface area contributed by atoms with E-state index in [0.29, 0.717) is 12.4 Å². The fourth-order valence-electron chi connectivity index (χ4n) is 1.65. The maximum absolute atomic E-state index is 12.0. The predicted octanol–water partition coefficient (Wildman–Crippen LogP) is -1.21. The molecule has 0 atom stereocenters. The van der Waals surface area contributed by atoms with E-state index < -0.39 is 11.2 Å². The van der Waals surface area contributed by atoms with Crippen molar-refractivity contribution >= 4 is 5.69 Å². The SMILES string of the molecule is CCn1cc(N)c(=O)n(Cc2ncnn2C)c1=O. The Morgan fingerprint density at radius 2 is 2.11 bits per heavy atom. The predicted molar refractivity (Wildman–Crippen MR) is 65.2 cm³/mol. The highest BCUT2D eigenvalue weighted by molar-refractivity contribution is 5.31. The van der Waals surface area contributed by atoms with Gasteiger partial charge >= 0.3 is 5.69 Å². The molecule has 0 aliphatic heterocycles. The Bertz CT molecular complexity index is 680. The van der Waals surface area contributed by atoms with E-state index in [0.717, 1.165) is 4.57 Å². The number of hydrogen-bond acceptors (Lipinski definition) is 5. The highest BCUT2D eigenvalue weighted by atomic mass is 16.2. The average molecular weight is 250 g/mol. The number of nitrogens with two attached hydrogens (primary N) is 1. The van der Waals surface area contributed by atoms with Gasteiger partial charge in [0.1, 0.15) is 17.8 Å². The quantitative estimate of drug-likeness (QED) is 0.736. The van der Waals surface area contributed by atoms with Gasteiger partial charge in [-0.3, -0.25) is 18.6 Å². The maximum atomic E-state index is 12.0. The minimum atomic E-state index is -0.507. The van der Waals surface area contributed by atoms with E-state index in [1.54, 1.807) is 14.0 Å². The third-order valence-electron chi connectivity index (χ3n) is 2.71. The zero-order valence-electron chi connectivity index (χ0n) is 10.2. The van der Waals surface area contributed by atoms with Crippen LogP contribution in [0.4, 0.5) is 5.69 Å². The van der Waals surface area contributed by atoms with Gasteiger partial charge < -0.3 is 5.73 Å². The molecule has 0 aliphatic carbocycles. The van der Waals surface area contributed by atoms with Crippen LogP contribution in [0.5, 0.6) is 0 Å². The van der Waals surface area contributed by atoms with Crippen molar-refractivity contribution in [2.75, 3.05) is 5.73 Å². The summed E-state index contributed by atoms with van der Waals surface area (Å²) >= 11 is 0. The number of nitrogens with zero attached hydrogens (tertiary/aromatic N) is 5. The molecule has 18 heavy (non-hydrogen) atoms. The first-order chi connectivity index (χ1) is 8.54. The van der Waals surface area contributed by atoms with Gasteiger partial charge in [-0.25, -0.2) is 9.78 Å². The lowest BCUT2D eigenvalue weighted by atomic mass is 10.4. The molecule has 0 unspecified atom stereocenters. The minimum Gasteiger partial charge on any atom is -0.393 e. The molecule has 0 aromatic carbocycles. The fourth-order valence-corrected chi connectivity index (χ4v) is 1.65. The number of anilines is 1. The standard InChI is InChI=1S/C10H14N6O2/c1-3-15-4-7(11)9(17)16(10(15)18)5-8-12-6-13-14(8)2/h4,6H,3,5,11H2,1-2H3. The monoisotopic (exact) mass is 250 g/mol. The molecule has 0 amide bonds. The molecule has 96 valence electrons. The molecule has 8 heteroatoms. The highest BCUT2D eigenvalue weighted by Gasteiger charge is 2.11. The van der Waals surface area contributed by atoms with Crippen molar-refractivity contribution < 1.29 is 0 Å². The van der Waals surface area contributed by atoms with Crippen molar-refractivity contribution in [2.45, 2.75) is 20.0 Å². The molecule has 2 heterocycles. The summed E-state index contributed by atoms with van der Waals surface area (Å²) in [5.41, 5.74) is 4.73. The van der Waals surface area contributed by atoms with Crippen LogP contribution in [0.3, 0.4) is 0 Å². The second kappa shape index (κ2) is 4.47. The molecule has 0 bridgehead atoms. The Labute approximate surface area is 102 Å². The molecule has 0 fully saturated rings. The zero-order chi connectivity index (χ0) is 13.3. The number of rotatable bonds is 3. The van der Waals surface area contributed by atoms with Gasteiger partial charge in [-0.05, 0) is 6.92 Å². The Kier molecular flexibility index (Phi) is 3.00. The second-order valence-electron chi connectivity index (χ2n) is 3.84. The first-order valence-corrected chi connectivity index (χ1v) is 5.47. The van der Waals surface area contributed by atoms with Crippen LogP contribution in [0.2, 0.25) is 0 Å². The average Bonchev–Trinajstić information content (AvgIpc) is 2.75. The molecule has 2 rings (SSSR count). The first kappa shape index (κ1) is 12.1. The van der Waals surface area contributed by atoms with Crippen molar-refractivity contribution in [1.29, 1.82) is 0 Å². The molecule has 0 saturated carbocycles. The van der Waals surface area contributed by atoms with Crippen LogP contribution >= 0.6 is 0 Å². The molecule has 2 aromatic rings. The molecular weight excluding hydrogens is 236 g/mol. The number of aromatic nitrogens is 5. The van der Waals surface area contributed by atoms with E-state index >= 15 is 0 Å². The minimum absolute atomic E-state index is 0.0404. The van der Waals surface area contributed by atoms with Gasteiger partial charge in [0.25, 0.3) is 5.56 Å². The molecule has 0 radical (unpaired) electrons. The van der Waals surface area contributed by atoms with Gasteiger partial charge in [0, 0.05) is 19.8 Å². The summed E-state index contributed by atoms with van der Waals surface area (Å²) in [5, 5.41) is 3.89. The second-order valence-corrected chi connectivity index (χ2v) is 3.84. The molecule has 2 aromatic heterocycles. The van der Waals surface area contributed by atoms with Crippen molar-refractivity contribution in [3.8, 4) is 0 Å². The van der Waals surface area contributed by atoms with Crippen LogP contribution in [0.1, 0.15) is 12.7 Å². The summed E-state index contributed by atoms with van der Waals surface area (Å²) in [6.07, 6.45) is 2.73. The van der Waals surface area contributed by atoms with Gasteiger partial charge in [0.15, 0.2) is 0 Å². The van der Waals surface area contributed by atoms with Gasteiger partial charge in [-0.1, -0.05) is 0 Å². The van der Waals surface area contributed by atoms with E-state index in [-0.39, 0.29) is 12.2 Å². The number of nitrogen functional groups attached to an aromatic ring is 1. The Hall–Kier alpha value is -2.38. The highest BCUT2D eigenvalue weighted by Crippen LogP contribution is 1.95. The Morgan fingerprint density at radius 1 is 1.39 bits per heavy atom. The van der Waals surface area contributed by atoms with Gasteiger partial charge in [-0.15, -0.1) is 0 Å². The van der Waals surface area contributed by atoms with Crippen LogP contribution in [0.25, 0.3) is 0 Å². The Balaban J connectivity index is 2.57. The summed E-state index contributed by atoms with van der Waals surface area (Å²) < 4.78 is 3.95. The van der Waals surface area contributed by atoms with Crippen molar-refractivity contribution in [3.63, 3.8) is 0 Å². The molecule has 0 saturated heterocycles. The summed E-state index contributed by atoms with van der Waals surface area (Å²) in [5.74, 6) is 0.516. The molecule has 0 aliphatic rings. The largest absolute Gasteiger partial charge is 0.393 e. The topological polar surface area (TPSA) is 101 Å². The molecular formula is C10H14N6O2. The van der Waals surface area contributed by atoms with Gasteiger partial charge in [-0.2, -0.15) is 5.10 Å². The van der Waals surface area contributed by atoms with Crippen LogP contribution in [0.15, 0.2) is 22.1 Å². The van der Waals surface area contributed by atoms with E-state index in [2.05, 4.69) is 10.1 Å². The van der Waals surface area contributed by atoms with Crippen LogP contribution in [-0.4, -0.2) is 23.9 Å². The maximum Gasteiger partial charge on any atom is 0.331 e. The van der Waals surface area contributed by atoms with Crippen molar-refractivity contribution in [2.24, 2.45) is 7.05 Å². The normalized spacial score (nSPS) is 10.8. The van der Waals surface area contributed by atoms with Crippen molar-refractivity contribution in [3.05, 3.63) is 39.2 Å². The summed E-state index contributed by atoms with van der Waals surface area (Å²) in [4.78, 5) is 27.9. The number of aryl methyl sites for hydroxylation is 2. The summed E-state index contributed by atoms with van der Waals surface area (Å²) in [7, 11) is 1.69. The molecule has 2 N–H and O–H groups in total. The van der Waals surface area contributed by atoms with E-state index in [4.69, 9.17) is 5.73 Å². The summed E-state index contributed by atoms with van der Waals surface area (Å²) in [6.45, 7) is 2.30. The fraction of sp³-hybridized carbons (Fsp3) is 0.400. The van der Waals surface area contributed by atoms with Crippen LogP contribution < -0.4 is 17.0 Å². The first-order valence-electron chi connectivity index (χ1n) is 5.47. The smallest absolute Gasteiger partial charge is 0.331 e. The number of hydrogen-bond donors (Lipinski definition) is 1. The van der Waals surface area contributed by atoms with Gasteiger partial charge in [0.2, 0.25) is 0 Å². The van der Waals surface area contributed by atoms with E-state index in [1.807, 2.05) is 0 Å². The van der Waals surface area contributed by atoms with Crippen LogP contribution in [0, 0.1) is 0 Å². The summed E-state index contributed by atoms with van der Waals surface area (Å²) in [6, 6.07) is 0. The van der Waals surface area contributed by atoms with Gasteiger partial charge in [0.05, 0.1) is 6.54 Å². The zero-order valence-corrected chi connectivity index (χ0v) is 10.2. The molecule has 0 spiro atoms. The lowest BCUT2D eigenvalue weighted by Gasteiger charge is -2.09. The third-order valence-corrected chi connectivity index (χ3v) is 2.71. The van der Waals surface area contributed by atoms with Crippen molar-refractivity contribution in [1.82, 2.24) is 23.9 Å². The lowest BCUT2D eigenvalue weighted by Crippen LogP contribution is -2.41. The third kappa shape index (κ3) is 1.92.